The molecule has 0 saturated heterocycles. The van der Waals surface area contributed by atoms with Crippen LogP contribution in [0.2, 0.25) is 0 Å². The van der Waals surface area contributed by atoms with Crippen molar-refractivity contribution in [1.82, 2.24) is 0 Å². The first-order valence-corrected chi connectivity index (χ1v) is 1.84. The van der Waals surface area contributed by atoms with Gasteiger partial charge in [-0.3, -0.25) is 0 Å². The summed E-state index contributed by atoms with van der Waals surface area (Å²) in [5, 5.41) is 10.3. The van der Waals surface area contributed by atoms with Gasteiger partial charge in [0.2, 0.25) is 5.84 Å². The van der Waals surface area contributed by atoms with Gasteiger partial charge in [0, 0.05) is 12.1 Å². The second-order valence-electron chi connectivity index (χ2n) is 1.18. The van der Waals surface area contributed by atoms with Crippen molar-refractivity contribution in [2.75, 3.05) is 0 Å². The van der Waals surface area contributed by atoms with Gasteiger partial charge in [-0.05, 0) is 5.10 Å². The Hall–Kier alpha value is -0.810. The lowest BCUT2D eigenvalue weighted by Gasteiger charge is -1.93. The molecule has 1 atom stereocenters. The van der Waals surface area contributed by atoms with Crippen LogP contribution < -0.4 is 5.23 Å². The molecule has 0 amide bonds. The van der Waals surface area contributed by atoms with E-state index >= 15 is 0 Å². The summed E-state index contributed by atoms with van der Waals surface area (Å²) in [5.41, 5.74) is 0. The molecule has 0 aromatic rings. The van der Waals surface area contributed by atoms with Crippen molar-refractivity contribution in [3.8, 4) is 0 Å². The van der Waals surface area contributed by atoms with Crippen LogP contribution in [0.15, 0.2) is 15.4 Å². The van der Waals surface area contributed by atoms with E-state index in [2.05, 4.69) is 15.4 Å². The van der Waals surface area contributed by atoms with E-state index in [0.717, 1.165) is 0 Å². The van der Waals surface area contributed by atoms with E-state index in [1.807, 2.05) is 0 Å². The Bertz CT molecular complexity index is 124. The number of nitrogens with zero attached hydrogens (tertiary/aromatic N) is 3. The first-order chi connectivity index (χ1) is 3.29. The molecule has 2 N–H and O–H groups in total. The van der Waals surface area contributed by atoms with Crippen LogP contribution in [0.25, 0.3) is 5.84 Å². The number of nitrogens with one attached hydrogen (secondary N) is 2. The molecule has 0 aromatic heterocycles. The highest BCUT2D eigenvalue weighted by molar-refractivity contribution is 5.79. The second kappa shape index (κ2) is 1.36. The molecule has 1 rings (SSSR count). The molecule has 0 spiro atoms. The van der Waals surface area contributed by atoms with Crippen molar-refractivity contribution in [2.24, 2.45) is 15.4 Å². The predicted molar refractivity (Wildman–Crippen MR) is 23.2 cm³/mol. The van der Waals surface area contributed by atoms with E-state index in [-0.39, 0.29) is 5.23 Å². The van der Waals surface area contributed by atoms with Gasteiger partial charge in [0.05, 0.1) is 0 Å². The lowest BCUT2D eigenvalue weighted by Crippen LogP contribution is -2.93. The quantitative estimate of drug-likeness (QED) is 0.427. The Morgan fingerprint density at radius 3 is 2.57 bits per heavy atom. The summed E-state index contributed by atoms with van der Waals surface area (Å²) in [7, 11) is 0. The predicted octanol–water partition coefficient (Wildman–Crippen LogP) is -0.447. The Balaban J connectivity index is 2.69. The van der Waals surface area contributed by atoms with Crippen LogP contribution in [-0.2, 0) is 0 Å². The smallest absolute Gasteiger partial charge is 0.210 e. The van der Waals surface area contributed by atoms with E-state index in [0.29, 0.717) is 5.84 Å². The molecular formula is C2H5N5. The van der Waals surface area contributed by atoms with Crippen LogP contribution in [0.4, 0.5) is 0 Å². The van der Waals surface area contributed by atoms with Gasteiger partial charge in [-0.15, -0.1) is 5.23 Å². The maximum Gasteiger partial charge on any atom is 0.210 e. The lowest BCUT2D eigenvalue weighted by atomic mass is 10.7. The van der Waals surface area contributed by atoms with Crippen molar-refractivity contribution in [1.29, 1.82) is 0 Å². The molecule has 0 saturated carbocycles. The molecule has 0 fully saturated rings. The largest absolute Gasteiger partial charge is 0.410 e. The lowest BCUT2D eigenvalue weighted by molar-refractivity contribution is -0.863. The van der Waals surface area contributed by atoms with E-state index in [1.54, 1.807) is 6.92 Å². The van der Waals surface area contributed by atoms with Crippen LogP contribution in [0, 0.1) is 0 Å². The fraction of sp³-hybridized carbons (Fsp3) is 0.500. The highest BCUT2D eigenvalue weighted by atomic mass is 15.9. The third kappa shape index (κ3) is 0.787. The van der Waals surface area contributed by atoms with Gasteiger partial charge in [0.25, 0.3) is 0 Å². The first kappa shape index (κ1) is 4.35. The molecule has 1 aliphatic heterocycles. The zero-order valence-corrected chi connectivity index (χ0v) is 3.84. The molecule has 0 radical (unpaired) electrons. The topological polar surface area (TPSA) is 65.3 Å². The SMILES string of the molecule is CC1=N[NH+]([NH-])N=N1. The van der Waals surface area contributed by atoms with Gasteiger partial charge in [-0.1, -0.05) is 5.11 Å². The fourth-order valence-electron chi connectivity index (χ4n) is 0.318. The van der Waals surface area contributed by atoms with Crippen molar-refractivity contribution in [3.05, 3.63) is 5.84 Å². The first-order valence-electron chi connectivity index (χ1n) is 1.84. The molecule has 5 nitrogen and oxygen atoms in total. The highest BCUT2D eigenvalue weighted by Gasteiger charge is 1.99. The Morgan fingerprint density at radius 1 is 1.71 bits per heavy atom. The van der Waals surface area contributed by atoms with E-state index in [4.69, 9.17) is 5.84 Å². The van der Waals surface area contributed by atoms with Crippen LogP contribution in [0.3, 0.4) is 0 Å². The molecule has 1 unspecified atom stereocenters. The third-order valence-corrected chi connectivity index (χ3v) is 0.557. The summed E-state index contributed by atoms with van der Waals surface area (Å²) >= 11 is 0. The number of quaternary nitrogens is 1. The standard InChI is InChI=1S/C2H5N5/c1-2-4-6-7(3)5-2/h3,7H,1H3. The average Bonchev–Trinajstić information content (AvgIpc) is 1.87. The monoisotopic (exact) mass is 99.1 g/mol. The third-order valence-electron chi connectivity index (χ3n) is 0.557. The summed E-state index contributed by atoms with van der Waals surface area (Å²) in [4.78, 5) is 0. The number of hydrogen-bond acceptors (Lipinski definition) is 3. The minimum Gasteiger partial charge on any atom is -0.410 e. The molecule has 0 bridgehead atoms. The van der Waals surface area contributed by atoms with Crippen LogP contribution in [0.5, 0.6) is 0 Å². The highest BCUT2D eigenvalue weighted by Crippen LogP contribution is 1.79. The van der Waals surface area contributed by atoms with Gasteiger partial charge in [0.1, 0.15) is 0 Å². The maximum absolute atomic E-state index is 6.73. The zero-order valence-electron chi connectivity index (χ0n) is 3.84. The minimum atomic E-state index is -0.00231. The van der Waals surface area contributed by atoms with E-state index in [1.165, 1.54) is 0 Å². The zero-order chi connectivity index (χ0) is 5.28. The van der Waals surface area contributed by atoms with Crippen molar-refractivity contribution >= 4 is 5.84 Å². The summed E-state index contributed by atoms with van der Waals surface area (Å²) in [6.45, 7) is 1.70. The summed E-state index contributed by atoms with van der Waals surface area (Å²) in [6, 6.07) is 0. The molecule has 0 aliphatic carbocycles. The Kier molecular flexibility index (Phi) is 0.844. The number of amidine groups is 1. The van der Waals surface area contributed by atoms with E-state index in [9.17, 15) is 0 Å². The molecular weight excluding hydrogens is 94.1 g/mol. The average molecular weight is 99.1 g/mol. The molecule has 1 heterocycles. The molecule has 7 heavy (non-hydrogen) atoms. The molecule has 0 aromatic carbocycles. The molecule has 1 aliphatic rings. The number of hydrogen-bond donors (Lipinski definition) is 1. The van der Waals surface area contributed by atoms with Gasteiger partial charge in [-0.25, -0.2) is 0 Å². The summed E-state index contributed by atoms with van der Waals surface area (Å²) in [6.07, 6.45) is 0. The van der Waals surface area contributed by atoms with Crippen LogP contribution in [0.1, 0.15) is 6.92 Å². The van der Waals surface area contributed by atoms with Gasteiger partial charge < -0.3 is 5.84 Å². The van der Waals surface area contributed by atoms with Crippen LogP contribution in [-0.4, -0.2) is 5.84 Å². The second-order valence-corrected chi connectivity index (χ2v) is 1.18. The van der Waals surface area contributed by atoms with Crippen molar-refractivity contribution < 1.29 is 5.23 Å². The van der Waals surface area contributed by atoms with Crippen molar-refractivity contribution in [2.45, 2.75) is 6.92 Å². The van der Waals surface area contributed by atoms with Gasteiger partial charge in [0.15, 0.2) is 0 Å². The van der Waals surface area contributed by atoms with E-state index < -0.39 is 0 Å². The van der Waals surface area contributed by atoms with Gasteiger partial charge >= 0.3 is 0 Å². The Labute approximate surface area is 40.5 Å². The summed E-state index contributed by atoms with van der Waals surface area (Å²) < 4.78 is 0. The Morgan fingerprint density at radius 2 is 2.43 bits per heavy atom. The summed E-state index contributed by atoms with van der Waals surface area (Å²) in [5.74, 6) is 7.29. The van der Waals surface area contributed by atoms with Crippen molar-refractivity contribution in [3.63, 3.8) is 0 Å². The molecule has 38 valence electrons. The minimum absolute atomic E-state index is 0.00231. The fourth-order valence-corrected chi connectivity index (χ4v) is 0.318. The van der Waals surface area contributed by atoms with Crippen LogP contribution >= 0.6 is 0 Å². The molecule has 5 heteroatoms. The number of rotatable bonds is 0. The maximum atomic E-state index is 6.73. The van der Waals surface area contributed by atoms with Gasteiger partial charge in [-0.2, -0.15) is 0 Å². The normalized spacial score (nSPS) is 28.3.